The van der Waals surface area contributed by atoms with E-state index in [-0.39, 0.29) is 23.4 Å². The van der Waals surface area contributed by atoms with Gasteiger partial charge in [-0.3, -0.25) is 9.59 Å². The molecule has 0 aliphatic heterocycles. The van der Waals surface area contributed by atoms with Gasteiger partial charge in [-0.25, -0.2) is 4.79 Å². The van der Waals surface area contributed by atoms with Crippen LogP contribution in [0.5, 0.6) is 0 Å². The van der Waals surface area contributed by atoms with Crippen LogP contribution in [0.25, 0.3) is 0 Å². The Labute approximate surface area is 146 Å². The Hall–Kier alpha value is -3.15. The summed E-state index contributed by atoms with van der Waals surface area (Å²) in [6.45, 7) is 3.75. The molecule has 0 saturated heterocycles. The zero-order valence-electron chi connectivity index (χ0n) is 14.3. The number of esters is 1. The van der Waals surface area contributed by atoms with Gasteiger partial charge in [0.05, 0.1) is 18.4 Å². The van der Waals surface area contributed by atoms with Gasteiger partial charge in [-0.2, -0.15) is 0 Å². The molecule has 2 amide bonds. The summed E-state index contributed by atoms with van der Waals surface area (Å²) < 4.78 is 4.70. The van der Waals surface area contributed by atoms with Gasteiger partial charge in [0.1, 0.15) is 0 Å². The number of benzene rings is 2. The minimum absolute atomic E-state index is 0.0327. The van der Waals surface area contributed by atoms with E-state index in [1.165, 1.54) is 7.11 Å². The SMILES string of the molecule is COC(=O)c1ccccc1NC(=O)c1ccc(C(=O)NC(C)C)cc1. The van der Waals surface area contributed by atoms with Gasteiger partial charge in [0.2, 0.25) is 0 Å². The second kappa shape index (κ2) is 8.10. The third-order valence-electron chi connectivity index (χ3n) is 3.41. The molecule has 0 saturated carbocycles. The average molecular weight is 340 g/mol. The van der Waals surface area contributed by atoms with Crippen molar-refractivity contribution in [2.45, 2.75) is 19.9 Å². The summed E-state index contributed by atoms with van der Waals surface area (Å²) in [7, 11) is 1.28. The molecule has 0 aromatic heterocycles. The Morgan fingerprint density at radius 3 is 2.00 bits per heavy atom. The minimum Gasteiger partial charge on any atom is -0.465 e. The maximum Gasteiger partial charge on any atom is 0.339 e. The quantitative estimate of drug-likeness (QED) is 0.820. The maximum atomic E-state index is 12.4. The van der Waals surface area contributed by atoms with E-state index in [1.807, 2.05) is 13.8 Å². The molecule has 0 atom stereocenters. The van der Waals surface area contributed by atoms with E-state index in [1.54, 1.807) is 48.5 Å². The van der Waals surface area contributed by atoms with E-state index >= 15 is 0 Å². The van der Waals surface area contributed by atoms with Crippen LogP contribution in [0, 0.1) is 0 Å². The van der Waals surface area contributed by atoms with Crippen LogP contribution in [0.15, 0.2) is 48.5 Å². The van der Waals surface area contributed by atoms with Crippen molar-refractivity contribution >= 4 is 23.5 Å². The smallest absolute Gasteiger partial charge is 0.339 e. The summed E-state index contributed by atoms with van der Waals surface area (Å²) in [6, 6.07) is 12.9. The third-order valence-corrected chi connectivity index (χ3v) is 3.41. The van der Waals surface area contributed by atoms with Crippen molar-refractivity contribution in [1.29, 1.82) is 0 Å². The highest BCUT2D eigenvalue weighted by atomic mass is 16.5. The summed E-state index contributed by atoms with van der Waals surface area (Å²) in [5, 5.41) is 5.47. The van der Waals surface area contributed by atoms with Gasteiger partial charge in [0, 0.05) is 17.2 Å². The Balaban J connectivity index is 2.14. The lowest BCUT2D eigenvalue weighted by Crippen LogP contribution is -2.30. The van der Waals surface area contributed by atoms with E-state index in [0.717, 1.165) is 0 Å². The predicted molar refractivity (Wildman–Crippen MR) is 94.8 cm³/mol. The van der Waals surface area contributed by atoms with Gasteiger partial charge < -0.3 is 15.4 Å². The standard InChI is InChI=1S/C19H20N2O4/c1-12(2)20-17(22)13-8-10-14(11-9-13)18(23)21-16-7-5-4-6-15(16)19(24)25-3/h4-12H,1-3H3,(H,20,22)(H,21,23). The Morgan fingerprint density at radius 2 is 1.44 bits per heavy atom. The van der Waals surface area contributed by atoms with Crippen molar-refractivity contribution in [2.24, 2.45) is 0 Å². The first-order valence-electron chi connectivity index (χ1n) is 7.82. The van der Waals surface area contributed by atoms with Gasteiger partial charge in [0.25, 0.3) is 11.8 Å². The van der Waals surface area contributed by atoms with Gasteiger partial charge in [-0.1, -0.05) is 12.1 Å². The monoisotopic (exact) mass is 340 g/mol. The summed E-state index contributed by atoms with van der Waals surface area (Å²) in [6.07, 6.45) is 0. The van der Waals surface area contributed by atoms with Crippen molar-refractivity contribution in [3.63, 3.8) is 0 Å². The number of amides is 2. The van der Waals surface area contributed by atoms with Gasteiger partial charge >= 0.3 is 5.97 Å². The van der Waals surface area contributed by atoms with Crippen LogP contribution in [0.1, 0.15) is 44.9 Å². The molecule has 0 heterocycles. The topological polar surface area (TPSA) is 84.5 Å². The number of carbonyl (C=O) groups is 3. The van der Waals surface area contributed by atoms with Gasteiger partial charge in [0.15, 0.2) is 0 Å². The first kappa shape index (κ1) is 18.2. The minimum atomic E-state index is -0.531. The summed E-state index contributed by atoms with van der Waals surface area (Å²) >= 11 is 0. The van der Waals surface area contributed by atoms with Crippen LogP contribution < -0.4 is 10.6 Å². The first-order chi connectivity index (χ1) is 11.9. The van der Waals surface area contributed by atoms with Crippen molar-refractivity contribution in [3.05, 3.63) is 65.2 Å². The first-order valence-corrected chi connectivity index (χ1v) is 7.82. The van der Waals surface area contributed by atoms with Crippen LogP contribution in [0.2, 0.25) is 0 Å². The molecule has 2 N–H and O–H groups in total. The number of para-hydroxylation sites is 1. The molecule has 0 unspecified atom stereocenters. The van der Waals surface area contributed by atoms with E-state index < -0.39 is 5.97 Å². The Bertz CT molecular complexity index is 782. The zero-order chi connectivity index (χ0) is 18.4. The molecular weight excluding hydrogens is 320 g/mol. The molecule has 0 fully saturated rings. The molecule has 0 aliphatic carbocycles. The largest absolute Gasteiger partial charge is 0.465 e. The van der Waals surface area contributed by atoms with Gasteiger partial charge in [-0.15, -0.1) is 0 Å². The number of nitrogens with one attached hydrogen (secondary N) is 2. The Kier molecular flexibility index (Phi) is 5.89. The number of rotatable bonds is 5. The predicted octanol–water partition coefficient (Wildman–Crippen LogP) is 2.86. The lowest BCUT2D eigenvalue weighted by molar-refractivity contribution is 0.0601. The number of carbonyl (C=O) groups excluding carboxylic acids is 3. The van der Waals surface area contributed by atoms with Crippen LogP contribution in [0.4, 0.5) is 5.69 Å². The summed E-state index contributed by atoms with van der Waals surface area (Å²) in [5.41, 5.74) is 1.48. The van der Waals surface area contributed by atoms with Crippen LogP contribution in [0.3, 0.4) is 0 Å². The zero-order valence-corrected chi connectivity index (χ0v) is 14.3. The highest BCUT2D eigenvalue weighted by Crippen LogP contribution is 2.17. The van der Waals surface area contributed by atoms with Crippen molar-refractivity contribution in [3.8, 4) is 0 Å². The van der Waals surface area contributed by atoms with E-state index in [2.05, 4.69) is 10.6 Å². The van der Waals surface area contributed by atoms with Crippen molar-refractivity contribution < 1.29 is 19.1 Å². The second-order valence-corrected chi connectivity index (χ2v) is 5.70. The fraction of sp³-hybridized carbons (Fsp3) is 0.211. The highest BCUT2D eigenvalue weighted by Gasteiger charge is 2.15. The molecule has 2 aromatic rings. The number of hydrogen-bond donors (Lipinski definition) is 2. The second-order valence-electron chi connectivity index (χ2n) is 5.70. The normalized spacial score (nSPS) is 10.2. The Morgan fingerprint density at radius 1 is 0.880 bits per heavy atom. The van der Waals surface area contributed by atoms with Crippen LogP contribution in [-0.2, 0) is 4.74 Å². The molecule has 2 rings (SSSR count). The molecule has 6 nitrogen and oxygen atoms in total. The lowest BCUT2D eigenvalue weighted by atomic mass is 10.1. The maximum absolute atomic E-state index is 12.4. The van der Waals surface area contributed by atoms with Crippen molar-refractivity contribution in [1.82, 2.24) is 5.32 Å². The average Bonchev–Trinajstić information content (AvgIpc) is 2.61. The molecule has 0 aliphatic rings. The molecule has 6 heteroatoms. The molecule has 0 radical (unpaired) electrons. The number of ether oxygens (including phenoxy) is 1. The van der Waals surface area contributed by atoms with Crippen LogP contribution >= 0.6 is 0 Å². The molecule has 130 valence electrons. The lowest BCUT2D eigenvalue weighted by Gasteiger charge is -2.11. The third kappa shape index (κ3) is 4.67. The number of anilines is 1. The number of methoxy groups -OCH3 is 1. The number of hydrogen-bond acceptors (Lipinski definition) is 4. The fourth-order valence-corrected chi connectivity index (χ4v) is 2.19. The summed E-state index contributed by atoms with van der Waals surface area (Å²) in [4.78, 5) is 36.0. The van der Waals surface area contributed by atoms with E-state index in [9.17, 15) is 14.4 Å². The molecule has 0 spiro atoms. The summed E-state index contributed by atoms with van der Waals surface area (Å²) in [5.74, 6) is -1.11. The van der Waals surface area contributed by atoms with Gasteiger partial charge in [-0.05, 0) is 50.2 Å². The highest BCUT2D eigenvalue weighted by molar-refractivity contribution is 6.08. The van der Waals surface area contributed by atoms with Crippen LogP contribution in [-0.4, -0.2) is 30.9 Å². The van der Waals surface area contributed by atoms with E-state index in [0.29, 0.717) is 16.8 Å². The van der Waals surface area contributed by atoms with E-state index in [4.69, 9.17) is 4.74 Å². The molecule has 25 heavy (non-hydrogen) atoms. The molecule has 0 bridgehead atoms. The fourth-order valence-electron chi connectivity index (χ4n) is 2.19. The molecule has 2 aromatic carbocycles. The van der Waals surface area contributed by atoms with Crippen molar-refractivity contribution in [2.75, 3.05) is 12.4 Å². The molecular formula is C19H20N2O4.